The maximum atomic E-state index is 6.62. The number of benzene rings is 7. The molecule has 0 saturated carbocycles. The van der Waals surface area contributed by atoms with Gasteiger partial charge < -0.3 is 8.98 Å². The van der Waals surface area contributed by atoms with Crippen molar-refractivity contribution in [2.45, 2.75) is 0 Å². The van der Waals surface area contributed by atoms with Gasteiger partial charge in [-0.1, -0.05) is 121 Å². The first-order chi connectivity index (χ1) is 25.3. The lowest BCUT2D eigenvalue weighted by molar-refractivity contribution is 0.669. The number of hydrogen-bond acceptors (Lipinski definition) is 5. The largest absolute Gasteiger partial charge is 0.456 e. The molecule has 0 amide bonds. The zero-order valence-corrected chi connectivity index (χ0v) is 27.9. The Hall–Kier alpha value is -6.63. The molecule has 238 valence electrons. The molecule has 0 spiro atoms. The third-order valence-electron chi connectivity index (χ3n) is 9.85. The number of para-hydroxylation sites is 2. The molecule has 0 saturated heterocycles. The van der Waals surface area contributed by atoms with Gasteiger partial charge in [0.05, 0.1) is 21.4 Å². The average Bonchev–Trinajstić information content (AvgIpc) is 3.86. The summed E-state index contributed by atoms with van der Waals surface area (Å²) < 4.78 is 11.5. The van der Waals surface area contributed by atoms with Crippen LogP contribution in [-0.4, -0.2) is 19.5 Å². The van der Waals surface area contributed by atoms with Crippen LogP contribution in [0.25, 0.3) is 104 Å². The predicted octanol–water partition coefficient (Wildman–Crippen LogP) is 12.2. The van der Waals surface area contributed by atoms with Crippen molar-refractivity contribution in [3.05, 3.63) is 158 Å². The van der Waals surface area contributed by atoms with Crippen molar-refractivity contribution in [3.63, 3.8) is 0 Å². The molecule has 51 heavy (non-hydrogen) atoms. The molecule has 4 aromatic heterocycles. The molecular weight excluding hydrogens is 645 g/mol. The van der Waals surface area contributed by atoms with Gasteiger partial charge in [-0.15, -0.1) is 11.3 Å². The first-order valence-corrected chi connectivity index (χ1v) is 17.8. The summed E-state index contributed by atoms with van der Waals surface area (Å²) in [4.78, 5) is 15.0. The Morgan fingerprint density at radius 1 is 0.451 bits per heavy atom. The molecule has 0 unspecified atom stereocenters. The fourth-order valence-electron chi connectivity index (χ4n) is 7.57. The van der Waals surface area contributed by atoms with Crippen LogP contribution in [-0.2, 0) is 0 Å². The van der Waals surface area contributed by atoms with Gasteiger partial charge >= 0.3 is 0 Å². The molecule has 0 bridgehead atoms. The molecular formula is C45H26N4OS. The van der Waals surface area contributed by atoms with E-state index in [1.807, 2.05) is 84.1 Å². The molecule has 11 aromatic rings. The van der Waals surface area contributed by atoms with Crippen molar-refractivity contribution < 1.29 is 4.42 Å². The third kappa shape index (κ3) is 4.30. The number of fused-ring (bicyclic) bond motifs is 9. The maximum absolute atomic E-state index is 6.62. The fraction of sp³-hybridized carbons (Fsp3) is 0. The Labute approximate surface area is 295 Å². The monoisotopic (exact) mass is 670 g/mol. The van der Waals surface area contributed by atoms with Crippen molar-refractivity contribution in [1.82, 2.24) is 19.5 Å². The summed E-state index contributed by atoms with van der Waals surface area (Å²) in [7, 11) is 0. The summed E-state index contributed by atoms with van der Waals surface area (Å²) in [5, 5.41) is 6.96. The van der Waals surface area contributed by atoms with Crippen LogP contribution < -0.4 is 0 Å². The molecule has 0 radical (unpaired) electrons. The van der Waals surface area contributed by atoms with Crippen LogP contribution >= 0.6 is 11.3 Å². The number of thiophene rings is 1. The Morgan fingerprint density at radius 2 is 1.04 bits per heavy atom. The van der Waals surface area contributed by atoms with E-state index in [-0.39, 0.29) is 0 Å². The van der Waals surface area contributed by atoms with Crippen LogP contribution in [0.2, 0.25) is 0 Å². The molecule has 0 aliphatic carbocycles. The Kier molecular flexibility index (Phi) is 6.05. The van der Waals surface area contributed by atoms with E-state index in [0.717, 1.165) is 38.6 Å². The van der Waals surface area contributed by atoms with Crippen molar-refractivity contribution in [1.29, 1.82) is 0 Å². The van der Waals surface area contributed by atoms with Crippen LogP contribution in [0.3, 0.4) is 0 Å². The van der Waals surface area contributed by atoms with Crippen molar-refractivity contribution >= 4 is 75.3 Å². The van der Waals surface area contributed by atoms with E-state index >= 15 is 0 Å². The summed E-state index contributed by atoms with van der Waals surface area (Å²) in [6.45, 7) is 0. The van der Waals surface area contributed by atoms with Gasteiger partial charge in [0.15, 0.2) is 17.5 Å². The predicted molar refractivity (Wildman–Crippen MR) is 211 cm³/mol. The highest BCUT2D eigenvalue weighted by Crippen LogP contribution is 2.45. The SMILES string of the molecule is c1ccc(-c2nc(-c3ccccc3)nc(-c3cccc4oc5cc6c(cc5c34)sc3c(-n4c5ccccc5c5ccccc54)cccc36)n2)cc1. The average molecular weight is 671 g/mol. The highest BCUT2D eigenvalue weighted by Gasteiger charge is 2.21. The Morgan fingerprint density at radius 3 is 1.73 bits per heavy atom. The lowest BCUT2D eigenvalue weighted by atomic mass is 10.0. The van der Waals surface area contributed by atoms with E-state index in [0.29, 0.717) is 17.5 Å². The van der Waals surface area contributed by atoms with E-state index in [9.17, 15) is 0 Å². The lowest BCUT2D eigenvalue weighted by Crippen LogP contribution is -2.00. The van der Waals surface area contributed by atoms with Gasteiger partial charge in [-0.2, -0.15) is 0 Å². The van der Waals surface area contributed by atoms with Gasteiger partial charge in [0.1, 0.15) is 11.2 Å². The van der Waals surface area contributed by atoms with Crippen LogP contribution in [0.5, 0.6) is 0 Å². The van der Waals surface area contributed by atoms with Gasteiger partial charge in [0, 0.05) is 53.7 Å². The lowest BCUT2D eigenvalue weighted by Gasteiger charge is -2.09. The second-order valence-electron chi connectivity index (χ2n) is 12.8. The second-order valence-corrected chi connectivity index (χ2v) is 13.8. The Balaban J connectivity index is 1.15. The number of hydrogen-bond donors (Lipinski definition) is 0. The van der Waals surface area contributed by atoms with E-state index < -0.39 is 0 Å². The number of aromatic nitrogens is 4. The third-order valence-corrected chi connectivity index (χ3v) is 11.0. The minimum Gasteiger partial charge on any atom is -0.456 e. The number of furan rings is 1. The highest BCUT2D eigenvalue weighted by molar-refractivity contribution is 7.26. The molecule has 0 aliphatic heterocycles. The van der Waals surface area contributed by atoms with E-state index in [4.69, 9.17) is 19.4 Å². The molecule has 0 aliphatic rings. The van der Waals surface area contributed by atoms with Gasteiger partial charge in [0.25, 0.3) is 0 Å². The normalized spacial score (nSPS) is 11.9. The van der Waals surface area contributed by atoms with Crippen molar-refractivity contribution in [3.8, 4) is 39.9 Å². The molecule has 5 nitrogen and oxygen atoms in total. The first-order valence-electron chi connectivity index (χ1n) is 16.9. The van der Waals surface area contributed by atoms with Crippen LogP contribution in [0.15, 0.2) is 162 Å². The molecule has 7 aromatic carbocycles. The van der Waals surface area contributed by atoms with E-state index in [2.05, 4.69) is 89.5 Å². The number of rotatable bonds is 4. The summed E-state index contributed by atoms with van der Waals surface area (Å²) in [6, 6.07) is 54.8. The minimum atomic E-state index is 0.612. The Bertz CT molecular complexity index is 3030. The fourth-order valence-corrected chi connectivity index (χ4v) is 8.80. The summed E-state index contributed by atoms with van der Waals surface area (Å²) >= 11 is 1.83. The van der Waals surface area contributed by atoms with E-state index in [1.165, 1.54) is 47.7 Å². The molecule has 0 N–H and O–H groups in total. The zero-order valence-electron chi connectivity index (χ0n) is 27.1. The van der Waals surface area contributed by atoms with Crippen molar-refractivity contribution in [2.24, 2.45) is 0 Å². The molecule has 4 heterocycles. The highest BCUT2D eigenvalue weighted by atomic mass is 32.1. The zero-order chi connectivity index (χ0) is 33.5. The minimum absolute atomic E-state index is 0.612. The summed E-state index contributed by atoms with van der Waals surface area (Å²) in [5.74, 6) is 1.88. The van der Waals surface area contributed by atoms with Crippen LogP contribution in [0.1, 0.15) is 0 Å². The van der Waals surface area contributed by atoms with Crippen molar-refractivity contribution in [2.75, 3.05) is 0 Å². The van der Waals surface area contributed by atoms with Crippen LogP contribution in [0, 0.1) is 0 Å². The van der Waals surface area contributed by atoms with Gasteiger partial charge in [-0.3, -0.25) is 0 Å². The van der Waals surface area contributed by atoms with E-state index in [1.54, 1.807) is 0 Å². The topological polar surface area (TPSA) is 56.7 Å². The quantitative estimate of drug-likeness (QED) is 0.187. The first kappa shape index (κ1) is 28.2. The summed E-state index contributed by atoms with van der Waals surface area (Å²) in [6.07, 6.45) is 0. The summed E-state index contributed by atoms with van der Waals surface area (Å²) in [5.41, 5.74) is 8.02. The van der Waals surface area contributed by atoms with Crippen LogP contribution in [0.4, 0.5) is 0 Å². The smallest absolute Gasteiger partial charge is 0.164 e. The molecule has 11 rings (SSSR count). The van der Waals surface area contributed by atoms with Gasteiger partial charge in [-0.25, -0.2) is 15.0 Å². The van der Waals surface area contributed by atoms with Gasteiger partial charge in [-0.05, 0) is 36.4 Å². The molecule has 0 atom stereocenters. The molecule has 6 heteroatoms. The van der Waals surface area contributed by atoms with Gasteiger partial charge in [0.2, 0.25) is 0 Å². The maximum Gasteiger partial charge on any atom is 0.164 e. The number of nitrogens with zero attached hydrogens (tertiary/aromatic N) is 4. The molecule has 0 fully saturated rings. The second kappa shape index (κ2) is 10.9. The standard InChI is InChI=1S/C45H26N4OS/c1-3-13-27(14-4-1)43-46-44(28-15-5-2-6-16-28)48-45(47-43)32-20-12-24-38-41(32)34-26-40-33(25-39(34)50-38)31-19-11-23-37(42(31)51-40)49-35-21-9-7-17-29(35)30-18-8-10-22-36(30)49/h1-26H.